The van der Waals surface area contributed by atoms with Gasteiger partial charge in [-0.05, 0) is 44.9 Å². The Balaban J connectivity index is 1.89. The van der Waals surface area contributed by atoms with Gasteiger partial charge in [0.2, 0.25) is 0 Å². The topological polar surface area (TPSA) is 78.4 Å². The van der Waals surface area contributed by atoms with Crippen LogP contribution >= 0.6 is 0 Å². The van der Waals surface area contributed by atoms with Crippen LogP contribution in [0.25, 0.3) is 0 Å². The molecule has 2 amide bonds. The molecule has 0 heterocycles. The van der Waals surface area contributed by atoms with Crippen molar-refractivity contribution < 1.29 is 14.7 Å². The first kappa shape index (κ1) is 17.5. The Morgan fingerprint density at radius 1 is 1.05 bits per heavy atom. The lowest BCUT2D eigenvalue weighted by Crippen LogP contribution is -2.36. The first-order valence-electron chi connectivity index (χ1n) is 8.10. The predicted molar refractivity (Wildman–Crippen MR) is 83.3 cm³/mol. The first-order chi connectivity index (χ1) is 10.2. The molecule has 5 nitrogen and oxygen atoms in total. The van der Waals surface area contributed by atoms with E-state index in [1.165, 1.54) is 31.3 Å². The van der Waals surface area contributed by atoms with Crippen LogP contribution in [0.1, 0.15) is 64.2 Å². The molecule has 0 fully saturated rings. The summed E-state index contributed by atoms with van der Waals surface area (Å²) in [5.41, 5.74) is 1.47. The van der Waals surface area contributed by atoms with Crippen LogP contribution in [-0.2, 0) is 4.79 Å². The molecule has 120 valence electrons. The Labute approximate surface area is 127 Å². The van der Waals surface area contributed by atoms with Crippen molar-refractivity contribution in [1.29, 1.82) is 0 Å². The Kier molecular flexibility index (Phi) is 9.33. The molecule has 0 unspecified atom stereocenters. The zero-order valence-electron chi connectivity index (χ0n) is 12.8. The number of amides is 2. The third kappa shape index (κ3) is 9.93. The van der Waals surface area contributed by atoms with E-state index in [0.29, 0.717) is 13.1 Å². The summed E-state index contributed by atoms with van der Waals surface area (Å²) in [6, 6.07) is -0.100. The molecule has 0 atom stereocenters. The highest BCUT2D eigenvalue weighted by atomic mass is 16.4. The summed E-state index contributed by atoms with van der Waals surface area (Å²) < 4.78 is 0. The molecule has 21 heavy (non-hydrogen) atoms. The van der Waals surface area contributed by atoms with Crippen LogP contribution < -0.4 is 10.6 Å². The van der Waals surface area contributed by atoms with E-state index in [4.69, 9.17) is 5.11 Å². The van der Waals surface area contributed by atoms with Gasteiger partial charge in [-0.1, -0.05) is 24.5 Å². The van der Waals surface area contributed by atoms with Gasteiger partial charge in [-0.2, -0.15) is 0 Å². The van der Waals surface area contributed by atoms with E-state index in [-0.39, 0.29) is 12.5 Å². The zero-order chi connectivity index (χ0) is 15.3. The molecular weight excluding hydrogens is 268 g/mol. The highest BCUT2D eigenvalue weighted by molar-refractivity contribution is 5.73. The van der Waals surface area contributed by atoms with E-state index in [1.54, 1.807) is 0 Å². The van der Waals surface area contributed by atoms with Gasteiger partial charge in [0.05, 0.1) is 0 Å². The highest BCUT2D eigenvalue weighted by Crippen LogP contribution is 2.19. The Morgan fingerprint density at radius 3 is 2.52 bits per heavy atom. The van der Waals surface area contributed by atoms with Gasteiger partial charge in [0.25, 0.3) is 0 Å². The molecule has 0 saturated carbocycles. The number of carboxylic acids is 1. The van der Waals surface area contributed by atoms with Crippen LogP contribution in [0.3, 0.4) is 0 Å². The van der Waals surface area contributed by atoms with Crippen molar-refractivity contribution in [2.75, 3.05) is 13.1 Å². The molecule has 0 aromatic carbocycles. The molecule has 5 heteroatoms. The summed E-state index contributed by atoms with van der Waals surface area (Å²) in [6.07, 6.45) is 11.9. The maximum absolute atomic E-state index is 11.5. The number of carbonyl (C=O) groups excluding carboxylic acids is 1. The van der Waals surface area contributed by atoms with Gasteiger partial charge < -0.3 is 15.7 Å². The Bertz CT molecular complexity index is 353. The van der Waals surface area contributed by atoms with Gasteiger partial charge >= 0.3 is 12.0 Å². The Hall–Kier alpha value is -1.52. The molecule has 0 aromatic heterocycles. The Morgan fingerprint density at radius 2 is 1.81 bits per heavy atom. The minimum absolute atomic E-state index is 0.100. The smallest absolute Gasteiger partial charge is 0.314 e. The molecule has 1 aliphatic rings. The van der Waals surface area contributed by atoms with Gasteiger partial charge in [0.15, 0.2) is 0 Å². The molecule has 0 saturated heterocycles. The third-order valence-electron chi connectivity index (χ3n) is 3.72. The number of rotatable bonds is 10. The van der Waals surface area contributed by atoms with Gasteiger partial charge in [-0.3, -0.25) is 4.79 Å². The summed E-state index contributed by atoms with van der Waals surface area (Å²) in [7, 11) is 0. The largest absolute Gasteiger partial charge is 0.481 e. The van der Waals surface area contributed by atoms with Gasteiger partial charge in [-0.15, -0.1) is 0 Å². The highest BCUT2D eigenvalue weighted by Gasteiger charge is 2.04. The maximum Gasteiger partial charge on any atom is 0.314 e. The molecule has 0 radical (unpaired) electrons. The van der Waals surface area contributed by atoms with E-state index < -0.39 is 5.97 Å². The molecule has 0 spiro atoms. The minimum Gasteiger partial charge on any atom is -0.481 e. The number of hydrogen-bond donors (Lipinski definition) is 3. The summed E-state index contributed by atoms with van der Waals surface area (Å²) in [4.78, 5) is 21.9. The van der Waals surface area contributed by atoms with Crippen LogP contribution in [0.4, 0.5) is 4.79 Å². The summed E-state index contributed by atoms with van der Waals surface area (Å²) in [5.74, 6) is -0.736. The summed E-state index contributed by atoms with van der Waals surface area (Å²) in [6.45, 7) is 1.36. The summed E-state index contributed by atoms with van der Waals surface area (Å²) in [5, 5.41) is 14.2. The molecule has 0 aliphatic heterocycles. The quantitative estimate of drug-likeness (QED) is 0.428. The second kappa shape index (κ2) is 11.2. The fourth-order valence-corrected chi connectivity index (χ4v) is 2.49. The average molecular weight is 296 g/mol. The lowest BCUT2D eigenvalue weighted by Gasteiger charge is -2.13. The second-order valence-corrected chi connectivity index (χ2v) is 5.60. The monoisotopic (exact) mass is 296 g/mol. The predicted octanol–water partition coefficient (Wildman–Crippen LogP) is 3.21. The fraction of sp³-hybridized carbons (Fsp3) is 0.750. The standard InChI is InChI=1S/C16H28N2O3/c19-15(20)10-6-1-2-7-12-17-16(21)18-13-11-14-8-4-3-5-9-14/h8H,1-7,9-13H2,(H,19,20)(H2,17,18,21). The number of urea groups is 1. The first-order valence-corrected chi connectivity index (χ1v) is 8.10. The van der Waals surface area contributed by atoms with Crippen molar-refractivity contribution in [2.45, 2.75) is 64.2 Å². The van der Waals surface area contributed by atoms with Crippen LogP contribution in [-0.4, -0.2) is 30.2 Å². The molecule has 3 N–H and O–H groups in total. The van der Waals surface area contributed by atoms with Crippen molar-refractivity contribution >= 4 is 12.0 Å². The number of hydrogen-bond acceptors (Lipinski definition) is 2. The van der Waals surface area contributed by atoms with Gasteiger partial charge in [0.1, 0.15) is 0 Å². The lowest BCUT2D eigenvalue weighted by atomic mass is 9.97. The van der Waals surface area contributed by atoms with Crippen molar-refractivity contribution in [3.05, 3.63) is 11.6 Å². The maximum atomic E-state index is 11.5. The second-order valence-electron chi connectivity index (χ2n) is 5.60. The SMILES string of the molecule is O=C(O)CCCCCCNC(=O)NCCC1=CCCCC1. The molecular formula is C16H28N2O3. The number of unbranched alkanes of at least 4 members (excludes halogenated alkanes) is 3. The third-order valence-corrected chi connectivity index (χ3v) is 3.72. The van der Waals surface area contributed by atoms with Gasteiger partial charge in [0, 0.05) is 19.5 Å². The molecule has 1 rings (SSSR count). The molecule has 0 aromatic rings. The molecule has 0 bridgehead atoms. The zero-order valence-corrected chi connectivity index (χ0v) is 12.8. The number of carbonyl (C=O) groups is 2. The van der Waals surface area contributed by atoms with Crippen molar-refractivity contribution in [3.63, 3.8) is 0 Å². The molecule has 1 aliphatic carbocycles. The van der Waals surface area contributed by atoms with Crippen molar-refractivity contribution in [1.82, 2.24) is 10.6 Å². The van der Waals surface area contributed by atoms with E-state index >= 15 is 0 Å². The number of carboxylic acid groups (broad SMARTS) is 1. The van der Waals surface area contributed by atoms with E-state index in [0.717, 1.165) is 32.1 Å². The minimum atomic E-state index is -0.736. The van der Waals surface area contributed by atoms with Crippen LogP contribution in [0, 0.1) is 0 Å². The fourth-order valence-electron chi connectivity index (χ4n) is 2.49. The van der Waals surface area contributed by atoms with Crippen LogP contribution in [0.2, 0.25) is 0 Å². The number of allylic oxidation sites excluding steroid dienone is 1. The number of aliphatic carboxylic acids is 1. The van der Waals surface area contributed by atoms with E-state index in [9.17, 15) is 9.59 Å². The summed E-state index contributed by atoms with van der Waals surface area (Å²) >= 11 is 0. The normalized spacial score (nSPS) is 14.4. The van der Waals surface area contributed by atoms with Crippen LogP contribution in [0.5, 0.6) is 0 Å². The van der Waals surface area contributed by atoms with Crippen molar-refractivity contribution in [3.8, 4) is 0 Å². The lowest BCUT2D eigenvalue weighted by molar-refractivity contribution is -0.137. The average Bonchev–Trinajstić information content (AvgIpc) is 2.47. The van der Waals surface area contributed by atoms with Crippen molar-refractivity contribution in [2.24, 2.45) is 0 Å². The van der Waals surface area contributed by atoms with E-state index in [1.807, 2.05) is 0 Å². The van der Waals surface area contributed by atoms with Gasteiger partial charge in [-0.25, -0.2) is 4.79 Å². The van der Waals surface area contributed by atoms with E-state index in [2.05, 4.69) is 16.7 Å². The van der Waals surface area contributed by atoms with Crippen LogP contribution in [0.15, 0.2) is 11.6 Å². The number of nitrogens with one attached hydrogen (secondary N) is 2.